The molecule has 0 saturated heterocycles. The second-order valence-electron chi connectivity index (χ2n) is 4.44. The fourth-order valence-electron chi connectivity index (χ4n) is 1.86. The minimum atomic E-state index is -0.0887. The number of aromatic nitrogens is 2. The van der Waals surface area contributed by atoms with E-state index in [1.807, 2.05) is 19.2 Å². The Labute approximate surface area is 122 Å². The highest BCUT2D eigenvalue weighted by Gasteiger charge is 2.11. The molecule has 2 rings (SSSR count). The van der Waals surface area contributed by atoms with Crippen LogP contribution >= 0.6 is 11.6 Å². The van der Waals surface area contributed by atoms with E-state index in [0.29, 0.717) is 22.9 Å². The summed E-state index contributed by atoms with van der Waals surface area (Å²) >= 11 is 6.01. The van der Waals surface area contributed by atoms with Gasteiger partial charge in [-0.3, -0.25) is 9.48 Å². The molecule has 2 aromatic rings. The molecule has 1 atom stereocenters. The molecule has 1 aromatic carbocycles. The van der Waals surface area contributed by atoms with Crippen molar-refractivity contribution in [3.05, 3.63) is 41.7 Å². The van der Waals surface area contributed by atoms with Gasteiger partial charge in [-0.2, -0.15) is 5.10 Å². The van der Waals surface area contributed by atoms with E-state index in [1.54, 1.807) is 36.2 Å². The molecule has 0 unspecified atom stereocenters. The number of carbonyl (C=O) groups excluding carboxylic acids is 1. The highest BCUT2D eigenvalue weighted by atomic mass is 35.5. The topological polar surface area (TPSA) is 56.1 Å². The monoisotopic (exact) mass is 293 g/mol. The smallest absolute Gasteiger partial charge is 0.226 e. The highest BCUT2D eigenvalue weighted by Crippen LogP contribution is 2.27. The number of benzene rings is 1. The quantitative estimate of drug-likeness (QED) is 0.921. The standard InChI is InChI=1S/C14H16ClN3O2/c1-10(18-7-3-6-16-18)8-14(19)17-11-4-5-13(20-2)12(15)9-11/h3-7,9-10H,8H2,1-2H3,(H,17,19)/t10-/m1/s1. The minimum Gasteiger partial charge on any atom is -0.495 e. The number of nitrogens with one attached hydrogen (secondary N) is 1. The first kappa shape index (κ1) is 14.4. The number of carbonyl (C=O) groups is 1. The van der Waals surface area contributed by atoms with E-state index in [-0.39, 0.29) is 11.9 Å². The van der Waals surface area contributed by atoms with Crippen LogP contribution in [0.25, 0.3) is 0 Å². The zero-order valence-electron chi connectivity index (χ0n) is 11.3. The number of nitrogens with zero attached hydrogens (tertiary/aromatic N) is 2. The second kappa shape index (κ2) is 6.43. The molecule has 0 aliphatic carbocycles. The van der Waals surface area contributed by atoms with Gasteiger partial charge in [-0.05, 0) is 31.2 Å². The number of methoxy groups -OCH3 is 1. The van der Waals surface area contributed by atoms with Crippen molar-refractivity contribution in [1.29, 1.82) is 0 Å². The van der Waals surface area contributed by atoms with Crippen molar-refractivity contribution in [1.82, 2.24) is 9.78 Å². The fourth-order valence-corrected chi connectivity index (χ4v) is 2.12. The molecule has 1 N–H and O–H groups in total. The summed E-state index contributed by atoms with van der Waals surface area (Å²) in [5.41, 5.74) is 0.647. The van der Waals surface area contributed by atoms with Gasteiger partial charge in [0.1, 0.15) is 5.75 Å². The molecule has 106 valence electrons. The Morgan fingerprint density at radius 1 is 1.55 bits per heavy atom. The maximum absolute atomic E-state index is 12.0. The molecule has 1 amide bonds. The summed E-state index contributed by atoms with van der Waals surface area (Å²) in [6.45, 7) is 1.94. The molecule has 20 heavy (non-hydrogen) atoms. The van der Waals surface area contributed by atoms with Crippen molar-refractivity contribution < 1.29 is 9.53 Å². The summed E-state index contributed by atoms with van der Waals surface area (Å²) in [4.78, 5) is 12.0. The van der Waals surface area contributed by atoms with E-state index in [4.69, 9.17) is 16.3 Å². The summed E-state index contributed by atoms with van der Waals surface area (Å²) in [6.07, 6.45) is 3.87. The Kier molecular flexibility index (Phi) is 4.63. The Bertz CT molecular complexity index is 584. The van der Waals surface area contributed by atoms with E-state index >= 15 is 0 Å². The number of anilines is 1. The van der Waals surface area contributed by atoms with Crippen LogP contribution in [0.4, 0.5) is 5.69 Å². The van der Waals surface area contributed by atoms with Gasteiger partial charge in [-0.15, -0.1) is 0 Å². The van der Waals surface area contributed by atoms with Crippen LogP contribution < -0.4 is 10.1 Å². The van der Waals surface area contributed by atoms with Crippen molar-refractivity contribution in [3.63, 3.8) is 0 Å². The van der Waals surface area contributed by atoms with Crippen LogP contribution in [-0.2, 0) is 4.79 Å². The average Bonchev–Trinajstić information content (AvgIpc) is 2.92. The molecular formula is C14H16ClN3O2. The lowest BCUT2D eigenvalue weighted by molar-refractivity contribution is -0.116. The van der Waals surface area contributed by atoms with Crippen LogP contribution in [0.5, 0.6) is 5.75 Å². The number of ether oxygens (including phenoxy) is 1. The molecule has 1 heterocycles. The van der Waals surface area contributed by atoms with Gasteiger partial charge in [-0.1, -0.05) is 11.6 Å². The van der Waals surface area contributed by atoms with Crippen LogP contribution in [0.2, 0.25) is 5.02 Å². The summed E-state index contributed by atoms with van der Waals surface area (Å²) in [6, 6.07) is 6.96. The average molecular weight is 294 g/mol. The summed E-state index contributed by atoms with van der Waals surface area (Å²) in [5, 5.41) is 7.38. The van der Waals surface area contributed by atoms with Crippen molar-refractivity contribution in [3.8, 4) is 5.75 Å². The van der Waals surface area contributed by atoms with Gasteiger partial charge in [0.2, 0.25) is 5.91 Å². The van der Waals surface area contributed by atoms with Crippen molar-refractivity contribution in [2.24, 2.45) is 0 Å². The zero-order valence-corrected chi connectivity index (χ0v) is 12.1. The lowest BCUT2D eigenvalue weighted by Gasteiger charge is -2.12. The molecule has 0 fully saturated rings. The summed E-state index contributed by atoms with van der Waals surface area (Å²) in [7, 11) is 1.55. The molecule has 0 bridgehead atoms. The van der Waals surface area contributed by atoms with Crippen molar-refractivity contribution in [2.45, 2.75) is 19.4 Å². The summed E-state index contributed by atoms with van der Waals surface area (Å²) in [5.74, 6) is 0.490. The third-order valence-electron chi connectivity index (χ3n) is 2.89. The van der Waals surface area contributed by atoms with Gasteiger partial charge < -0.3 is 10.1 Å². The zero-order chi connectivity index (χ0) is 14.5. The molecule has 0 aliphatic rings. The number of amides is 1. The Balaban J connectivity index is 1.96. The summed E-state index contributed by atoms with van der Waals surface area (Å²) < 4.78 is 6.81. The number of hydrogen-bond acceptors (Lipinski definition) is 3. The van der Waals surface area contributed by atoms with Crippen LogP contribution in [0, 0.1) is 0 Å². The van der Waals surface area contributed by atoms with E-state index in [0.717, 1.165) is 0 Å². The molecular weight excluding hydrogens is 278 g/mol. The fraction of sp³-hybridized carbons (Fsp3) is 0.286. The molecule has 1 aromatic heterocycles. The lowest BCUT2D eigenvalue weighted by atomic mass is 10.2. The largest absolute Gasteiger partial charge is 0.495 e. The Morgan fingerprint density at radius 2 is 2.35 bits per heavy atom. The molecule has 5 nitrogen and oxygen atoms in total. The SMILES string of the molecule is COc1ccc(NC(=O)C[C@@H](C)n2cccn2)cc1Cl. The van der Waals surface area contributed by atoms with E-state index < -0.39 is 0 Å². The highest BCUT2D eigenvalue weighted by molar-refractivity contribution is 6.32. The molecule has 6 heteroatoms. The predicted octanol–water partition coefficient (Wildman–Crippen LogP) is 3.13. The predicted molar refractivity (Wildman–Crippen MR) is 78.2 cm³/mol. The first-order chi connectivity index (χ1) is 9.60. The lowest BCUT2D eigenvalue weighted by Crippen LogP contribution is -2.17. The first-order valence-electron chi connectivity index (χ1n) is 6.22. The van der Waals surface area contributed by atoms with E-state index in [1.165, 1.54) is 0 Å². The van der Waals surface area contributed by atoms with Gasteiger partial charge in [0.15, 0.2) is 0 Å². The molecule has 0 radical (unpaired) electrons. The van der Waals surface area contributed by atoms with Gasteiger partial charge in [0.05, 0.1) is 18.2 Å². The van der Waals surface area contributed by atoms with Crippen LogP contribution in [-0.4, -0.2) is 22.8 Å². The van der Waals surface area contributed by atoms with Crippen LogP contribution in [0.15, 0.2) is 36.7 Å². The number of halogens is 1. The molecule has 0 saturated carbocycles. The van der Waals surface area contributed by atoms with Gasteiger partial charge in [-0.25, -0.2) is 0 Å². The van der Waals surface area contributed by atoms with Crippen molar-refractivity contribution in [2.75, 3.05) is 12.4 Å². The molecule has 0 aliphatic heterocycles. The van der Waals surface area contributed by atoms with Gasteiger partial charge in [0.25, 0.3) is 0 Å². The van der Waals surface area contributed by atoms with Crippen molar-refractivity contribution >= 4 is 23.2 Å². The third kappa shape index (κ3) is 3.51. The van der Waals surface area contributed by atoms with Crippen LogP contribution in [0.1, 0.15) is 19.4 Å². The number of rotatable bonds is 5. The van der Waals surface area contributed by atoms with Crippen LogP contribution in [0.3, 0.4) is 0 Å². The maximum atomic E-state index is 12.0. The maximum Gasteiger partial charge on any atom is 0.226 e. The second-order valence-corrected chi connectivity index (χ2v) is 4.84. The third-order valence-corrected chi connectivity index (χ3v) is 3.19. The minimum absolute atomic E-state index is 0.00118. The molecule has 0 spiro atoms. The normalized spacial score (nSPS) is 11.9. The van der Waals surface area contributed by atoms with Gasteiger partial charge in [0, 0.05) is 24.5 Å². The van der Waals surface area contributed by atoms with Gasteiger partial charge >= 0.3 is 0 Å². The Morgan fingerprint density at radius 3 is 2.95 bits per heavy atom. The number of hydrogen-bond donors (Lipinski definition) is 1. The van der Waals surface area contributed by atoms with E-state index in [2.05, 4.69) is 10.4 Å². The first-order valence-corrected chi connectivity index (χ1v) is 6.60. The van der Waals surface area contributed by atoms with E-state index in [9.17, 15) is 4.79 Å². The Hall–Kier alpha value is -2.01.